The molecule has 0 saturated carbocycles. The van der Waals surface area contributed by atoms with Gasteiger partial charge < -0.3 is 5.73 Å². The monoisotopic (exact) mass is 248 g/mol. The van der Waals surface area contributed by atoms with Gasteiger partial charge in [-0.25, -0.2) is 4.39 Å². The summed E-state index contributed by atoms with van der Waals surface area (Å²) >= 11 is 5.01. The van der Waals surface area contributed by atoms with Gasteiger partial charge in [-0.1, -0.05) is 26.1 Å². The SMILES string of the molecule is CC(C)c1cc(C(N)=S)c2cc(F)ccc2n1. The van der Waals surface area contributed by atoms with Crippen molar-refractivity contribution in [2.45, 2.75) is 19.8 Å². The van der Waals surface area contributed by atoms with Gasteiger partial charge in [0.05, 0.1) is 5.52 Å². The fraction of sp³-hybridized carbons (Fsp3) is 0.231. The third-order valence-electron chi connectivity index (χ3n) is 2.65. The van der Waals surface area contributed by atoms with Gasteiger partial charge in [-0.05, 0) is 30.2 Å². The minimum Gasteiger partial charge on any atom is -0.389 e. The smallest absolute Gasteiger partial charge is 0.123 e. The van der Waals surface area contributed by atoms with Gasteiger partial charge in [0.1, 0.15) is 10.8 Å². The molecule has 17 heavy (non-hydrogen) atoms. The Bertz CT molecular complexity index is 593. The van der Waals surface area contributed by atoms with E-state index < -0.39 is 0 Å². The minimum absolute atomic E-state index is 0.268. The predicted molar refractivity (Wildman–Crippen MR) is 71.7 cm³/mol. The number of fused-ring (bicyclic) bond motifs is 1. The van der Waals surface area contributed by atoms with Gasteiger partial charge in [0.2, 0.25) is 0 Å². The second-order valence-corrected chi connectivity index (χ2v) is 4.71. The average molecular weight is 248 g/mol. The zero-order chi connectivity index (χ0) is 12.6. The Kier molecular flexibility index (Phi) is 3.07. The molecule has 0 saturated heterocycles. The molecular weight excluding hydrogens is 235 g/mol. The number of hydrogen-bond donors (Lipinski definition) is 1. The van der Waals surface area contributed by atoms with Crippen LogP contribution < -0.4 is 5.73 Å². The van der Waals surface area contributed by atoms with Crippen molar-refractivity contribution in [1.82, 2.24) is 4.98 Å². The number of benzene rings is 1. The Morgan fingerprint density at radius 2 is 2.06 bits per heavy atom. The van der Waals surface area contributed by atoms with Crippen LogP contribution in [0.1, 0.15) is 31.0 Å². The van der Waals surface area contributed by atoms with E-state index in [-0.39, 0.29) is 16.7 Å². The molecule has 1 aromatic heterocycles. The summed E-state index contributed by atoms with van der Waals surface area (Å²) < 4.78 is 13.2. The summed E-state index contributed by atoms with van der Waals surface area (Å²) in [4.78, 5) is 4.75. The molecule has 0 radical (unpaired) electrons. The van der Waals surface area contributed by atoms with E-state index >= 15 is 0 Å². The Labute approximate surface area is 105 Å². The minimum atomic E-state index is -0.311. The Morgan fingerprint density at radius 1 is 1.35 bits per heavy atom. The van der Waals surface area contributed by atoms with Crippen molar-refractivity contribution in [2.75, 3.05) is 0 Å². The summed E-state index contributed by atoms with van der Waals surface area (Å²) in [5.41, 5.74) is 8.00. The van der Waals surface area contributed by atoms with E-state index in [1.807, 2.05) is 19.9 Å². The van der Waals surface area contributed by atoms with Gasteiger partial charge in [0.25, 0.3) is 0 Å². The summed E-state index contributed by atoms with van der Waals surface area (Å²) in [5, 5.41) is 0.668. The lowest BCUT2D eigenvalue weighted by Gasteiger charge is -2.10. The number of halogens is 1. The molecule has 0 unspecified atom stereocenters. The van der Waals surface area contributed by atoms with Gasteiger partial charge >= 0.3 is 0 Å². The van der Waals surface area contributed by atoms with Crippen LogP contribution in [0.2, 0.25) is 0 Å². The number of nitrogens with zero attached hydrogens (tertiary/aromatic N) is 1. The molecule has 4 heteroatoms. The summed E-state index contributed by atoms with van der Waals surface area (Å²) in [7, 11) is 0. The van der Waals surface area contributed by atoms with Crippen molar-refractivity contribution >= 4 is 28.1 Å². The summed E-state index contributed by atoms with van der Waals surface area (Å²) in [6, 6.07) is 6.30. The molecule has 2 aromatic rings. The number of pyridine rings is 1. The molecular formula is C13H13FN2S. The van der Waals surface area contributed by atoms with Crippen LogP contribution in [0.3, 0.4) is 0 Å². The molecule has 0 bridgehead atoms. The number of rotatable bonds is 2. The zero-order valence-electron chi connectivity index (χ0n) is 9.70. The first-order valence-electron chi connectivity index (χ1n) is 5.39. The molecule has 0 aliphatic heterocycles. The van der Waals surface area contributed by atoms with E-state index in [1.54, 1.807) is 6.07 Å². The molecule has 0 amide bonds. The van der Waals surface area contributed by atoms with Crippen molar-refractivity contribution in [3.8, 4) is 0 Å². The molecule has 1 heterocycles. The van der Waals surface area contributed by atoms with Crippen molar-refractivity contribution in [3.63, 3.8) is 0 Å². The van der Waals surface area contributed by atoms with Gasteiger partial charge in [-0.3, -0.25) is 4.98 Å². The van der Waals surface area contributed by atoms with Crippen LogP contribution in [-0.4, -0.2) is 9.97 Å². The average Bonchev–Trinajstić information content (AvgIpc) is 2.27. The van der Waals surface area contributed by atoms with Gasteiger partial charge in [-0.15, -0.1) is 0 Å². The third kappa shape index (κ3) is 2.26. The maximum absolute atomic E-state index is 13.2. The maximum atomic E-state index is 13.2. The molecule has 2 rings (SSSR count). The van der Waals surface area contributed by atoms with E-state index in [1.165, 1.54) is 12.1 Å². The molecule has 0 spiro atoms. The molecule has 0 aliphatic rings. The molecule has 88 valence electrons. The lowest BCUT2D eigenvalue weighted by Crippen LogP contribution is -2.11. The number of hydrogen-bond acceptors (Lipinski definition) is 2. The van der Waals surface area contributed by atoms with E-state index in [2.05, 4.69) is 4.98 Å². The fourth-order valence-electron chi connectivity index (χ4n) is 1.72. The molecule has 2 N–H and O–H groups in total. The quantitative estimate of drug-likeness (QED) is 0.830. The number of nitrogens with two attached hydrogens (primary N) is 1. The topological polar surface area (TPSA) is 38.9 Å². The Balaban J connectivity index is 2.81. The van der Waals surface area contributed by atoms with Crippen LogP contribution >= 0.6 is 12.2 Å². The molecule has 0 atom stereocenters. The highest BCUT2D eigenvalue weighted by Gasteiger charge is 2.10. The second-order valence-electron chi connectivity index (χ2n) is 4.28. The van der Waals surface area contributed by atoms with Crippen LogP contribution in [0.5, 0.6) is 0 Å². The van der Waals surface area contributed by atoms with Gasteiger partial charge in [-0.2, -0.15) is 0 Å². The van der Waals surface area contributed by atoms with Crippen molar-refractivity contribution in [3.05, 3.63) is 41.3 Å². The Morgan fingerprint density at radius 3 is 2.65 bits per heavy atom. The summed E-state index contributed by atoms with van der Waals surface area (Å²) in [5.74, 6) is -0.0355. The summed E-state index contributed by atoms with van der Waals surface area (Å²) in [6.07, 6.45) is 0. The van der Waals surface area contributed by atoms with E-state index in [4.69, 9.17) is 18.0 Å². The molecule has 0 aliphatic carbocycles. The number of aromatic nitrogens is 1. The van der Waals surface area contributed by atoms with Gasteiger partial charge in [0, 0.05) is 16.6 Å². The number of thiocarbonyl (C=S) groups is 1. The largest absolute Gasteiger partial charge is 0.389 e. The summed E-state index contributed by atoms with van der Waals surface area (Å²) in [6.45, 7) is 4.09. The van der Waals surface area contributed by atoms with E-state index in [9.17, 15) is 4.39 Å². The van der Waals surface area contributed by atoms with Crippen molar-refractivity contribution < 1.29 is 4.39 Å². The molecule has 1 aromatic carbocycles. The van der Waals surface area contributed by atoms with Crippen LogP contribution in [0, 0.1) is 5.82 Å². The lowest BCUT2D eigenvalue weighted by atomic mass is 10.0. The highest BCUT2D eigenvalue weighted by atomic mass is 32.1. The first-order chi connectivity index (χ1) is 7.99. The molecule has 0 fully saturated rings. The first-order valence-corrected chi connectivity index (χ1v) is 5.80. The standard InChI is InChI=1S/C13H13FN2S/c1-7(2)12-6-10(13(15)17)9-5-8(14)3-4-11(9)16-12/h3-7H,1-2H3,(H2,15,17). The van der Waals surface area contributed by atoms with Crippen LogP contribution in [0.25, 0.3) is 10.9 Å². The van der Waals surface area contributed by atoms with Crippen LogP contribution in [0.4, 0.5) is 4.39 Å². The van der Waals surface area contributed by atoms with Crippen LogP contribution in [0.15, 0.2) is 24.3 Å². The van der Waals surface area contributed by atoms with E-state index in [0.29, 0.717) is 10.9 Å². The second kappa shape index (κ2) is 4.37. The maximum Gasteiger partial charge on any atom is 0.123 e. The first kappa shape index (κ1) is 11.9. The highest BCUT2D eigenvalue weighted by molar-refractivity contribution is 7.80. The van der Waals surface area contributed by atoms with E-state index in [0.717, 1.165) is 11.2 Å². The fourth-order valence-corrected chi connectivity index (χ4v) is 1.89. The highest BCUT2D eigenvalue weighted by Crippen LogP contribution is 2.23. The zero-order valence-corrected chi connectivity index (χ0v) is 10.5. The van der Waals surface area contributed by atoms with Crippen LogP contribution in [-0.2, 0) is 0 Å². The Hall–Kier alpha value is -1.55. The normalized spacial score (nSPS) is 11.1. The molecule has 2 nitrogen and oxygen atoms in total. The van der Waals surface area contributed by atoms with Gasteiger partial charge in [0.15, 0.2) is 0 Å². The van der Waals surface area contributed by atoms with Crippen molar-refractivity contribution in [1.29, 1.82) is 0 Å². The lowest BCUT2D eigenvalue weighted by molar-refractivity contribution is 0.629. The van der Waals surface area contributed by atoms with Crippen molar-refractivity contribution in [2.24, 2.45) is 5.73 Å². The predicted octanol–water partition coefficient (Wildman–Crippen LogP) is 3.13. The third-order valence-corrected chi connectivity index (χ3v) is 2.87.